The van der Waals surface area contributed by atoms with Gasteiger partial charge in [-0.25, -0.2) is 0 Å². The summed E-state index contributed by atoms with van der Waals surface area (Å²) in [5, 5.41) is 18.6. The number of nitrogen functional groups attached to an aromatic ring is 1. The molecular weight excluding hydrogens is 306 g/mol. The summed E-state index contributed by atoms with van der Waals surface area (Å²) in [4.78, 5) is 23.6. The molecule has 0 aromatic heterocycles. The number of hydrogen-bond donors (Lipinski definition) is 3. The Balaban J connectivity index is 1.94. The summed E-state index contributed by atoms with van der Waals surface area (Å²) in [6.07, 6.45) is 5.36. The Morgan fingerprint density at radius 1 is 0.875 bits per heavy atom. The number of nitrogens with two attached hydrogens (primary N) is 1. The lowest BCUT2D eigenvalue weighted by Crippen LogP contribution is -2.02. The standard InChI is InChI=1S/C19H17NO4/c20-19-10-9-16(22)11-14(19)4-8-18(24)12-17(23)7-3-13-1-5-15(21)6-2-13/h1-11,21-22H,12,20H2. The van der Waals surface area contributed by atoms with Crippen molar-refractivity contribution in [2.75, 3.05) is 5.73 Å². The summed E-state index contributed by atoms with van der Waals surface area (Å²) >= 11 is 0. The molecule has 0 aliphatic carbocycles. The number of phenols is 2. The van der Waals surface area contributed by atoms with Crippen molar-refractivity contribution in [1.29, 1.82) is 0 Å². The van der Waals surface area contributed by atoms with E-state index in [0.717, 1.165) is 5.56 Å². The normalized spacial score (nSPS) is 11.2. The van der Waals surface area contributed by atoms with Gasteiger partial charge in [-0.2, -0.15) is 0 Å². The van der Waals surface area contributed by atoms with Crippen LogP contribution in [0.2, 0.25) is 0 Å². The maximum absolute atomic E-state index is 11.8. The highest BCUT2D eigenvalue weighted by Gasteiger charge is 2.04. The number of rotatable bonds is 6. The van der Waals surface area contributed by atoms with Gasteiger partial charge in [-0.05, 0) is 54.1 Å². The molecule has 2 aromatic carbocycles. The van der Waals surface area contributed by atoms with Crippen LogP contribution in [0.25, 0.3) is 12.2 Å². The lowest BCUT2D eigenvalue weighted by molar-refractivity contribution is -0.121. The average molecular weight is 323 g/mol. The van der Waals surface area contributed by atoms with Crippen LogP contribution < -0.4 is 5.73 Å². The minimum absolute atomic E-state index is 0.0456. The van der Waals surface area contributed by atoms with Crippen LogP contribution in [0, 0.1) is 0 Å². The van der Waals surface area contributed by atoms with E-state index in [1.807, 2.05) is 0 Å². The van der Waals surface area contributed by atoms with Gasteiger partial charge >= 0.3 is 0 Å². The number of ketones is 2. The van der Waals surface area contributed by atoms with Crippen LogP contribution in [0.15, 0.2) is 54.6 Å². The highest BCUT2D eigenvalue weighted by atomic mass is 16.3. The van der Waals surface area contributed by atoms with Crippen molar-refractivity contribution in [3.05, 3.63) is 65.7 Å². The highest BCUT2D eigenvalue weighted by molar-refractivity contribution is 6.11. The molecule has 122 valence electrons. The number of carbonyl (C=O) groups excluding carboxylic acids is 2. The number of allylic oxidation sites excluding steroid dienone is 2. The Kier molecular flexibility index (Phi) is 5.52. The molecule has 0 saturated heterocycles. The fourth-order valence-corrected chi connectivity index (χ4v) is 1.95. The minimum Gasteiger partial charge on any atom is -0.508 e. The summed E-state index contributed by atoms with van der Waals surface area (Å²) in [5.41, 5.74) is 7.41. The van der Waals surface area contributed by atoms with Crippen molar-refractivity contribution in [3.8, 4) is 11.5 Å². The van der Waals surface area contributed by atoms with Crippen LogP contribution in [-0.2, 0) is 9.59 Å². The fourth-order valence-electron chi connectivity index (χ4n) is 1.95. The van der Waals surface area contributed by atoms with Gasteiger partial charge < -0.3 is 15.9 Å². The van der Waals surface area contributed by atoms with E-state index < -0.39 is 0 Å². The van der Waals surface area contributed by atoms with Gasteiger partial charge in [0.25, 0.3) is 0 Å². The molecule has 0 saturated carbocycles. The third-order valence-electron chi connectivity index (χ3n) is 3.22. The van der Waals surface area contributed by atoms with Gasteiger partial charge in [-0.15, -0.1) is 0 Å². The molecule has 0 heterocycles. The predicted octanol–water partition coefficient (Wildman–Crippen LogP) is 2.93. The largest absolute Gasteiger partial charge is 0.508 e. The van der Waals surface area contributed by atoms with Crippen molar-refractivity contribution in [2.24, 2.45) is 0 Å². The smallest absolute Gasteiger partial charge is 0.163 e. The maximum atomic E-state index is 11.8. The van der Waals surface area contributed by atoms with E-state index in [0.29, 0.717) is 11.3 Å². The van der Waals surface area contributed by atoms with Crippen LogP contribution in [0.5, 0.6) is 11.5 Å². The molecule has 2 aromatic rings. The third-order valence-corrected chi connectivity index (χ3v) is 3.22. The zero-order valence-corrected chi connectivity index (χ0v) is 12.8. The number of benzene rings is 2. The Morgan fingerprint density at radius 3 is 2.12 bits per heavy atom. The lowest BCUT2D eigenvalue weighted by atomic mass is 10.1. The predicted molar refractivity (Wildman–Crippen MR) is 93.3 cm³/mol. The second-order valence-corrected chi connectivity index (χ2v) is 5.18. The lowest BCUT2D eigenvalue weighted by Gasteiger charge is -2.00. The van der Waals surface area contributed by atoms with Gasteiger partial charge in [-0.1, -0.05) is 18.2 Å². The van der Waals surface area contributed by atoms with E-state index in [9.17, 15) is 19.8 Å². The Hall–Kier alpha value is -3.34. The van der Waals surface area contributed by atoms with Crippen LogP contribution in [0.3, 0.4) is 0 Å². The molecule has 5 heteroatoms. The number of carbonyl (C=O) groups is 2. The first-order valence-corrected chi connectivity index (χ1v) is 7.23. The van der Waals surface area contributed by atoms with Crippen molar-refractivity contribution >= 4 is 29.4 Å². The van der Waals surface area contributed by atoms with Crippen LogP contribution >= 0.6 is 0 Å². The quantitative estimate of drug-likeness (QED) is 0.328. The molecular formula is C19H17NO4. The maximum Gasteiger partial charge on any atom is 0.163 e. The zero-order valence-electron chi connectivity index (χ0n) is 12.8. The molecule has 0 radical (unpaired) electrons. The van der Waals surface area contributed by atoms with Gasteiger partial charge in [-0.3, -0.25) is 9.59 Å². The summed E-state index contributed by atoms with van der Waals surface area (Å²) < 4.78 is 0. The van der Waals surface area contributed by atoms with Gasteiger partial charge in [0.2, 0.25) is 0 Å². The van der Waals surface area contributed by atoms with Crippen molar-refractivity contribution in [1.82, 2.24) is 0 Å². The summed E-state index contributed by atoms with van der Waals surface area (Å²) in [5.74, 6) is -0.506. The first-order chi connectivity index (χ1) is 11.4. The molecule has 4 N–H and O–H groups in total. The molecule has 0 unspecified atom stereocenters. The third kappa shape index (κ3) is 5.14. The molecule has 2 rings (SSSR count). The summed E-state index contributed by atoms with van der Waals surface area (Å²) in [7, 11) is 0. The van der Waals surface area contributed by atoms with Crippen molar-refractivity contribution in [3.63, 3.8) is 0 Å². The monoisotopic (exact) mass is 323 g/mol. The molecule has 0 amide bonds. The number of phenolic OH excluding ortho intramolecular Hbond substituents is 2. The Bertz CT molecular complexity index is 805. The van der Waals surface area contributed by atoms with E-state index in [1.165, 1.54) is 48.6 Å². The Morgan fingerprint density at radius 2 is 1.46 bits per heavy atom. The SMILES string of the molecule is Nc1ccc(O)cc1C=CC(=O)CC(=O)C=Cc1ccc(O)cc1. The molecule has 5 nitrogen and oxygen atoms in total. The zero-order chi connectivity index (χ0) is 17.5. The molecule has 0 fully saturated rings. The average Bonchev–Trinajstić information content (AvgIpc) is 2.55. The first kappa shape index (κ1) is 17.0. The van der Waals surface area contributed by atoms with Crippen LogP contribution in [-0.4, -0.2) is 21.8 Å². The second kappa shape index (κ2) is 7.78. The van der Waals surface area contributed by atoms with Crippen LogP contribution in [0.1, 0.15) is 17.5 Å². The number of aromatic hydroxyl groups is 2. The number of anilines is 1. The topological polar surface area (TPSA) is 101 Å². The summed E-state index contributed by atoms with van der Waals surface area (Å²) in [6.45, 7) is 0. The second-order valence-electron chi connectivity index (χ2n) is 5.18. The molecule has 0 aliphatic rings. The Labute approximate surface area is 139 Å². The van der Waals surface area contributed by atoms with E-state index in [-0.39, 0.29) is 29.5 Å². The van der Waals surface area contributed by atoms with Gasteiger partial charge in [0, 0.05) is 11.3 Å². The van der Waals surface area contributed by atoms with Gasteiger partial charge in [0.05, 0.1) is 6.42 Å². The highest BCUT2D eigenvalue weighted by Crippen LogP contribution is 2.19. The first-order valence-electron chi connectivity index (χ1n) is 7.23. The van der Waals surface area contributed by atoms with E-state index in [1.54, 1.807) is 18.2 Å². The molecule has 24 heavy (non-hydrogen) atoms. The molecule has 0 spiro atoms. The summed E-state index contributed by atoms with van der Waals surface area (Å²) in [6, 6.07) is 10.8. The molecule has 0 bridgehead atoms. The molecule has 0 atom stereocenters. The van der Waals surface area contributed by atoms with E-state index in [4.69, 9.17) is 5.73 Å². The molecule has 0 aliphatic heterocycles. The van der Waals surface area contributed by atoms with Crippen molar-refractivity contribution < 1.29 is 19.8 Å². The van der Waals surface area contributed by atoms with E-state index >= 15 is 0 Å². The fraction of sp³-hybridized carbons (Fsp3) is 0.0526. The minimum atomic E-state index is -0.363. The van der Waals surface area contributed by atoms with E-state index in [2.05, 4.69) is 0 Å². The van der Waals surface area contributed by atoms with Gasteiger partial charge in [0.15, 0.2) is 11.6 Å². The van der Waals surface area contributed by atoms with Gasteiger partial charge in [0.1, 0.15) is 11.5 Å². The number of hydrogen-bond acceptors (Lipinski definition) is 5. The van der Waals surface area contributed by atoms with Crippen LogP contribution in [0.4, 0.5) is 5.69 Å². The van der Waals surface area contributed by atoms with Crippen molar-refractivity contribution in [2.45, 2.75) is 6.42 Å².